The van der Waals surface area contributed by atoms with E-state index in [1.54, 1.807) is 48.9 Å². The van der Waals surface area contributed by atoms with Gasteiger partial charge in [-0.05, 0) is 70.3 Å². The molecule has 1 saturated heterocycles. The van der Waals surface area contributed by atoms with Crippen molar-refractivity contribution in [2.75, 3.05) is 44.7 Å². The highest BCUT2D eigenvalue weighted by Crippen LogP contribution is 2.28. The molecule has 3 aromatic rings. The van der Waals surface area contributed by atoms with Gasteiger partial charge >= 0.3 is 5.97 Å². The maximum absolute atomic E-state index is 14.2. The van der Waals surface area contributed by atoms with Crippen LogP contribution in [-0.4, -0.2) is 66.4 Å². The molecule has 190 valence electrons. The molecule has 1 aliphatic heterocycles. The second kappa shape index (κ2) is 10.9. The number of nitrogens with zero attached hydrogens (tertiary/aromatic N) is 4. The molecule has 2 aromatic carbocycles. The van der Waals surface area contributed by atoms with Crippen LogP contribution < -0.4 is 10.2 Å². The average Bonchev–Trinajstić information content (AvgIpc) is 3.26. The fourth-order valence-corrected chi connectivity index (χ4v) is 4.40. The van der Waals surface area contributed by atoms with Crippen LogP contribution in [0.3, 0.4) is 0 Å². The molecule has 0 aliphatic carbocycles. The molecule has 1 aliphatic rings. The number of likely N-dealkylation sites (N-methyl/N-ethyl adjacent to an activating group) is 1. The van der Waals surface area contributed by atoms with Gasteiger partial charge in [0.25, 0.3) is 5.91 Å². The highest BCUT2D eigenvalue weighted by molar-refractivity contribution is 5.94. The second-order valence-corrected chi connectivity index (χ2v) is 9.01. The van der Waals surface area contributed by atoms with Crippen LogP contribution in [-0.2, 0) is 4.74 Å². The predicted molar refractivity (Wildman–Crippen MR) is 136 cm³/mol. The first-order valence-electron chi connectivity index (χ1n) is 12.1. The summed E-state index contributed by atoms with van der Waals surface area (Å²) in [6.07, 6.45) is 1.48. The highest BCUT2D eigenvalue weighted by atomic mass is 19.1. The summed E-state index contributed by atoms with van der Waals surface area (Å²) < 4.78 is 20.9. The number of rotatable bonds is 7. The third kappa shape index (κ3) is 5.41. The maximum atomic E-state index is 14.2. The molecule has 1 amide bonds. The van der Waals surface area contributed by atoms with Gasteiger partial charge in [-0.25, -0.2) is 13.9 Å². The molecule has 4 rings (SSSR count). The molecule has 0 saturated carbocycles. The third-order valence-corrected chi connectivity index (χ3v) is 6.53. The molecule has 9 heteroatoms. The summed E-state index contributed by atoms with van der Waals surface area (Å²) in [5.74, 6) is -1.00. The lowest BCUT2D eigenvalue weighted by molar-refractivity contribution is 0.0525. The minimum Gasteiger partial charge on any atom is -0.462 e. The van der Waals surface area contributed by atoms with Gasteiger partial charge in [-0.1, -0.05) is 0 Å². The van der Waals surface area contributed by atoms with Gasteiger partial charge < -0.3 is 19.9 Å². The number of hydrogen-bond donors (Lipinski definition) is 1. The Labute approximate surface area is 210 Å². The van der Waals surface area contributed by atoms with Gasteiger partial charge in [0, 0.05) is 43.0 Å². The molecule has 0 bridgehead atoms. The van der Waals surface area contributed by atoms with E-state index in [9.17, 15) is 14.0 Å². The van der Waals surface area contributed by atoms with E-state index in [2.05, 4.69) is 27.3 Å². The third-order valence-electron chi connectivity index (χ3n) is 6.53. The number of amides is 1. The van der Waals surface area contributed by atoms with Gasteiger partial charge in [-0.15, -0.1) is 0 Å². The number of carbonyl (C=O) groups is 2. The van der Waals surface area contributed by atoms with Crippen molar-refractivity contribution in [1.29, 1.82) is 0 Å². The summed E-state index contributed by atoms with van der Waals surface area (Å²) in [7, 11) is 2.09. The lowest BCUT2D eigenvalue weighted by Crippen LogP contribution is -2.45. The Morgan fingerprint density at radius 3 is 2.47 bits per heavy atom. The number of benzene rings is 2. The van der Waals surface area contributed by atoms with Crippen LogP contribution in [0.2, 0.25) is 0 Å². The number of esters is 1. The Hall–Kier alpha value is -3.72. The molecule has 1 atom stereocenters. The number of piperazine rings is 1. The van der Waals surface area contributed by atoms with Crippen molar-refractivity contribution in [3.05, 3.63) is 76.9 Å². The zero-order chi connectivity index (χ0) is 25.8. The van der Waals surface area contributed by atoms with Crippen LogP contribution >= 0.6 is 0 Å². The van der Waals surface area contributed by atoms with Crippen LogP contribution in [0.4, 0.5) is 10.1 Å². The monoisotopic (exact) mass is 493 g/mol. The predicted octanol–water partition coefficient (Wildman–Crippen LogP) is 3.74. The Morgan fingerprint density at radius 1 is 1.11 bits per heavy atom. The largest absolute Gasteiger partial charge is 0.462 e. The summed E-state index contributed by atoms with van der Waals surface area (Å²) >= 11 is 0. The normalized spacial score (nSPS) is 15.0. The number of halogens is 1. The molecule has 1 aromatic heterocycles. The van der Waals surface area contributed by atoms with Crippen LogP contribution in [0.1, 0.15) is 51.9 Å². The lowest BCUT2D eigenvalue weighted by Gasteiger charge is -2.36. The van der Waals surface area contributed by atoms with E-state index in [1.807, 2.05) is 6.92 Å². The quantitative estimate of drug-likeness (QED) is 0.505. The molecule has 1 fully saturated rings. The summed E-state index contributed by atoms with van der Waals surface area (Å²) in [6, 6.07) is 11.3. The molecular formula is C27H32FN5O3. The minimum absolute atomic E-state index is 0.257. The number of aromatic nitrogens is 2. The molecule has 1 N–H and O–H groups in total. The van der Waals surface area contributed by atoms with E-state index in [-0.39, 0.29) is 24.4 Å². The van der Waals surface area contributed by atoms with Gasteiger partial charge in [0.05, 0.1) is 30.2 Å². The van der Waals surface area contributed by atoms with E-state index in [4.69, 9.17) is 4.74 Å². The molecule has 36 heavy (non-hydrogen) atoms. The summed E-state index contributed by atoms with van der Waals surface area (Å²) in [6.45, 7) is 9.26. The first kappa shape index (κ1) is 25.4. The zero-order valence-electron chi connectivity index (χ0n) is 21.1. The van der Waals surface area contributed by atoms with Gasteiger partial charge in [0.1, 0.15) is 11.4 Å². The first-order chi connectivity index (χ1) is 17.3. The van der Waals surface area contributed by atoms with Crippen molar-refractivity contribution in [1.82, 2.24) is 20.0 Å². The molecule has 0 spiro atoms. The fraction of sp³-hybridized carbons (Fsp3) is 0.370. The van der Waals surface area contributed by atoms with Crippen molar-refractivity contribution in [3.8, 4) is 5.69 Å². The van der Waals surface area contributed by atoms with Gasteiger partial charge in [-0.2, -0.15) is 5.10 Å². The van der Waals surface area contributed by atoms with Crippen LogP contribution in [0.5, 0.6) is 0 Å². The highest BCUT2D eigenvalue weighted by Gasteiger charge is 2.22. The van der Waals surface area contributed by atoms with Gasteiger partial charge in [-0.3, -0.25) is 4.79 Å². The van der Waals surface area contributed by atoms with Crippen molar-refractivity contribution in [2.45, 2.75) is 26.8 Å². The topological polar surface area (TPSA) is 79.7 Å². The Balaban J connectivity index is 1.48. The van der Waals surface area contributed by atoms with Crippen molar-refractivity contribution in [3.63, 3.8) is 0 Å². The Morgan fingerprint density at radius 2 is 1.81 bits per heavy atom. The van der Waals surface area contributed by atoms with Crippen LogP contribution in [0.25, 0.3) is 5.69 Å². The van der Waals surface area contributed by atoms with E-state index in [0.717, 1.165) is 43.1 Å². The summed E-state index contributed by atoms with van der Waals surface area (Å²) in [5.41, 5.74) is 3.94. The summed E-state index contributed by atoms with van der Waals surface area (Å²) in [5, 5.41) is 7.30. The standard InChI is InChI=1S/C27H32FN5O3/c1-5-36-27(35)24-17-29-33(19(24)3)22-9-6-20(7-10-22)26(34)30-18(2)23-16-21(28)8-11-25(23)32-14-12-31(4)13-15-32/h6-11,16-18H,5,12-15H2,1-4H3,(H,30,34). The lowest BCUT2D eigenvalue weighted by atomic mass is 10.0. The van der Waals surface area contributed by atoms with Gasteiger partial charge in [0.2, 0.25) is 0 Å². The van der Waals surface area contributed by atoms with Crippen molar-refractivity contribution >= 4 is 17.6 Å². The van der Waals surface area contributed by atoms with Crippen LogP contribution in [0.15, 0.2) is 48.7 Å². The van der Waals surface area contributed by atoms with Gasteiger partial charge in [0.15, 0.2) is 0 Å². The number of ether oxygens (including phenoxy) is 1. The number of hydrogen-bond acceptors (Lipinski definition) is 6. The first-order valence-corrected chi connectivity index (χ1v) is 12.1. The second-order valence-electron chi connectivity index (χ2n) is 9.01. The average molecular weight is 494 g/mol. The number of carbonyl (C=O) groups excluding carboxylic acids is 2. The number of nitrogens with one attached hydrogen (secondary N) is 1. The van der Waals surface area contributed by atoms with Crippen LogP contribution in [0, 0.1) is 12.7 Å². The molecular weight excluding hydrogens is 461 g/mol. The zero-order valence-corrected chi connectivity index (χ0v) is 21.1. The van der Waals surface area contributed by atoms with E-state index >= 15 is 0 Å². The number of anilines is 1. The summed E-state index contributed by atoms with van der Waals surface area (Å²) in [4.78, 5) is 29.6. The molecule has 1 unspecified atom stereocenters. The molecule has 0 radical (unpaired) electrons. The molecule has 2 heterocycles. The SMILES string of the molecule is CCOC(=O)c1cnn(-c2ccc(C(=O)NC(C)c3cc(F)ccc3N3CCN(C)CC3)cc2)c1C. The fourth-order valence-electron chi connectivity index (χ4n) is 4.40. The van der Waals surface area contributed by atoms with Crippen molar-refractivity contribution < 1.29 is 18.7 Å². The molecule has 8 nitrogen and oxygen atoms in total. The minimum atomic E-state index is -0.417. The van der Waals surface area contributed by atoms with Crippen molar-refractivity contribution in [2.24, 2.45) is 0 Å². The Kier molecular flexibility index (Phi) is 7.69. The smallest absolute Gasteiger partial charge is 0.341 e. The van der Waals surface area contributed by atoms with E-state index in [1.165, 1.54) is 18.3 Å². The van der Waals surface area contributed by atoms with E-state index < -0.39 is 5.97 Å². The van der Waals surface area contributed by atoms with E-state index in [0.29, 0.717) is 16.8 Å². The maximum Gasteiger partial charge on any atom is 0.341 e. The Bertz CT molecular complexity index is 1230.